The van der Waals surface area contributed by atoms with Gasteiger partial charge in [-0.25, -0.2) is 27.8 Å². The third-order valence-corrected chi connectivity index (χ3v) is 5.94. The highest BCUT2D eigenvalue weighted by Crippen LogP contribution is 2.32. The number of carbonyl (C=O) groups excluding carboxylic acids is 1. The Morgan fingerprint density at radius 1 is 1.22 bits per heavy atom. The number of ether oxygens (including phenoxy) is 1. The van der Waals surface area contributed by atoms with Crippen molar-refractivity contribution in [2.24, 2.45) is 0 Å². The van der Waals surface area contributed by atoms with E-state index in [2.05, 4.69) is 20.4 Å². The first kappa shape index (κ1) is 25.4. The van der Waals surface area contributed by atoms with Crippen molar-refractivity contribution in [3.63, 3.8) is 0 Å². The van der Waals surface area contributed by atoms with Gasteiger partial charge in [-0.3, -0.25) is 4.79 Å². The van der Waals surface area contributed by atoms with Gasteiger partial charge in [0, 0.05) is 16.6 Å². The summed E-state index contributed by atoms with van der Waals surface area (Å²) < 4.78 is 47.1. The van der Waals surface area contributed by atoms with Crippen LogP contribution in [0, 0.1) is 19.7 Å². The number of halogens is 4. The lowest BCUT2D eigenvalue weighted by Crippen LogP contribution is -2.29. The standard InChI is InChI=1S/C25H23ClF3N5O2/c1-13-7-21(34-15(3)30-12-31-34)17-5-4-6-22(25(17)32-13)36-11-19-18(8-16(27)9-20(19)26)14(2)33-24(35)10-23(28)29/h4-9,12,14,23H,10-11H2,1-3H3,(H,33,35)/t14-/m0/s1. The first-order valence-corrected chi connectivity index (χ1v) is 11.5. The molecule has 0 saturated carbocycles. The molecule has 11 heteroatoms. The molecule has 0 spiro atoms. The fourth-order valence-electron chi connectivity index (χ4n) is 3.99. The third-order valence-electron chi connectivity index (χ3n) is 5.61. The van der Waals surface area contributed by atoms with E-state index in [1.165, 1.54) is 12.4 Å². The number of alkyl halides is 2. The second kappa shape index (κ2) is 10.5. The fraction of sp³-hybridized carbons (Fsp3) is 0.280. The molecule has 0 saturated heterocycles. The second-order valence-electron chi connectivity index (χ2n) is 8.28. The molecule has 4 aromatic rings. The van der Waals surface area contributed by atoms with Crippen molar-refractivity contribution in [3.8, 4) is 11.4 Å². The average molecular weight is 518 g/mol. The zero-order valence-electron chi connectivity index (χ0n) is 19.7. The molecule has 0 unspecified atom stereocenters. The van der Waals surface area contributed by atoms with Gasteiger partial charge in [0.25, 0.3) is 0 Å². The van der Waals surface area contributed by atoms with Crippen molar-refractivity contribution in [2.45, 2.75) is 46.3 Å². The van der Waals surface area contributed by atoms with E-state index >= 15 is 0 Å². The van der Waals surface area contributed by atoms with Crippen LogP contribution >= 0.6 is 11.6 Å². The highest BCUT2D eigenvalue weighted by molar-refractivity contribution is 6.31. The quantitative estimate of drug-likeness (QED) is 0.327. The highest BCUT2D eigenvalue weighted by Gasteiger charge is 2.20. The fourth-order valence-corrected chi connectivity index (χ4v) is 4.25. The normalized spacial score (nSPS) is 12.2. The van der Waals surface area contributed by atoms with Crippen molar-refractivity contribution in [1.29, 1.82) is 0 Å². The number of fused-ring (bicyclic) bond motifs is 1. The van der Waals surface area contributed by atoms with Gasteiger partial charge >= 0.3 is 0 Å². The van der Waals surface area contributed by atoms with Crippen molar-refractivity contribution in [2.75, 3.05) is 0 Å². The molecule has 0 aliphatic heterocycles. The molecule has 0 aliphatic rings. The summed E-state index contributed by atoms with van der Waals surface area (Å²) in [5.41, 5.74) is 2.85. The number of hydrogen-bond acceptors (Lipinski definition) is 5. The van der Waals surface area contributed by atoms with Gasteiger partial charge in [-0.15, -0.1) is 0 Å². The van der Waals surface area contributed by atoms with E-state index < -0.39 is 30.6 Å². The Morgan fingerprint density at radius 2 is 2.00 bits per heavy atom. The minimum absolute atomic E-state index is 0.0735. The molecular weight excluding hydrogens is 495 g/mol. The van der Waals surface area contributed by atoms with Crippen molar-refractivity contribution in [3.05, 3.63) is 76.2 Å². The van der Waals surface area contributed by atoms with Crippen LogP contribution in [0.15, 0.2) is 42.7 Å². The predicted molar refractivity (Wildman–Crippen MR) is 129 cm³/mol. The monoisotopic (exact) mass is 517 g/mol. The SMILES string of the molecule is Cc1cc(-n2ncnc2C)c2cccc(OCc3c(Cl)cc(F)cc3[C@H](C)NC(=O)CC(F)F)c2n1. The van der Waals surface area contributed by atoms with Crippen LogP contribution in [0.1, 0.15) is 42.0 Å². The van der Waals surface area contributed by atoms with Gasteiger partial charge in [0.05, 0.1) is 23.2 Å². The molecule has 2 aromatic carbocycles. The van der Waals surface area contributed by atoms with Crippen LogP contribution in [0.5, 0.6) is 5.75 Å². The Morgan fingerprint density at radius 3 is 2.69 bits per heavy atom. The first-order chi connectivity index (χ1) is 17.1. The summed E-state index contributed by atoms with van der Waals surface area (Å²) in [6.07, 6.45) is -2.27. The zero-order valence-corrected chi connectivity index (χ0v) is 20.5. The summed E-state index contributed by atoms with van der Waals surface area (Å²) in [6.45, 7) is 5.18. The van der Waals surface area contributed by atoms with Gasteiger partial charge in [0.1, 0.15) is 35.8 Å². The van der Waals surface area contributed by atoms with Gasteiger partial charge in [-0.05, 0) is 50.6 Å². The molecule has 1 N–H and O–H groups in total. The molecule has 7 nitrogen and oxygen atoms in total. The van der Waals surface area contributed by atoms with Gasteiger partial charge < -0.3 is 10.1 Å². The average Bonchev–Trinajstić information content (AvgIpc) is 3.22. The minimum atomic E-state index is -2.79. The van der Waals surface area contributed by atoms with E-state index in [4.69, 9.17) is 16.3 Å². The molecule has 4 rings (SSSR count). The van der Waals surface area contributed by atoms with E-state index in [0.29, 0.717) is 28.2 Å². The van der Waals surface area contributed by atoms with E-state index in [0.717, 1.165) is 22.8 Å². The summed E-state index contributed by atoms with van der Waals surface area (Å²) in [5, 5.41) is 7.62. The maximum absolute atomic E-state index is 14.2. The van der Waals surface area contributed by atoms with E-state index in [9.17, 15) is 18.0 Å². The number of pyridine rings is 1. The smallest absolute Gasteiger partial charge is 0.247 e. The molecule has 0 aliphatic carbocycles. The lowest BCUT2D eigenvalue weighted by Gasteiger charge is -2.20. The number of amides is 1. The number of hydrogen-bond donors (Lipinski definition) is 1. The molecule has 0 fully saturated rings. The Balaban J connectivity index is 1.68. The summed E-state index contributed by atoms with van der Waals surface area (Å²) in [4.78, 5) is 20.7. The molecule has 1 atom stereocenters. The summed E-state index contributed by atoms with van der Waals surface area (Å²) in [7, 11) is 0. The van der Waals surface area contributed by atoms with E-state index in [1.54, 1.807) is 17.7 Å². The third kappa shape index (κ3) is 5.43. The Bertz CT molecular complexity index is 1430. The number of nitrogens with zero attached hydrogens (tertiary/aromatic N) is 4. The lowest BCUT2D eigenvalue weighted by atomic mass is 10.0. The van der Waals surface area contributed by atoms with Crippen molar-refractivity contribution >= 4 is 28.4 Å². The largest absolute Gasteiger partial charge is 0.487 e. The molecular formula is C25H23ClF3N5O2. The maximum Gasteiger partial charge on any atom is 0.247 e. The Hall–Kier alpha value is -3.66. The minimum Gasteiger partial charge on any atom is -0.487 e. The lowest BCUT2D eigenvalue weighted by molar-refractivity contribution is -0.124. The van der Waals surface area contributed by atoms with Gasteiger partial charge in [-0.1, -0.05) is 23.7 Å². The van der Waals surface area contributed by atoms with Gasteiger partial charge in [0.15, 0.2) is 0 Å². The summed E-state index contributed by atoms with van der Waals surface area (Å²) in [5.74, 6) is -0.312. The number of benzene rings is 2. The van der Waals surface area contributed by atoms with Gasteiger partial charge in [0.2, 0.25) is 12.3 Å². The summed E-state index contributed by atoms with van der Waals surface area (Å²) in [6, 6.07) is 8.90. The predicted octanol–water partition coefficient (Wildman–Crippen LogP) is 5.64. The van der Waals surface area contributed by atoms with Crippen LogP contribution in [0.3, 0.4) is 0 Å². The highest BCUT2D eigenvalue weighted by atomic mass is 35.5. The number of para-hydroxylation sites is 1. The number of nitrogens with one attached hydrogen (secondary N) is 1. The molecule has 2 heterocycles. The molecule has 188 valence electrons. The number of aryl methyl sites for hydroxylation is 2. The van der Waals surface area contributed by atoms with Crippen LogP contribution in [0.4, 0.5) is 13.2 Å². The Kier molecular flexibility index (Phi) is 7.44. The first-order valence-electron chi connectivity index (χ1n) is 11.1. The molecule has 2 aromatic heterocycles. The summed E-state index contributed by atoms with van der Waals surface area (Å²) >= 11 is 6.33. The number of carbonyl (C=O) groups is 1. The Labute approximate surface area is 210 Å². The van der Waals surface area contributed by atoms with Crippen LogP contribution in [-0.4, -0.2) is 32.1 Å². The molecule has 0 radical (unpaired) electrons. The number of rotatable bonds is 8. The van der Waals surface area contributed by atoms with Gasteiger partial charge in [-0.2, -0.15) is 5.10 Å². The van der Waals surface area contributed by atoms with E-state index in [-0.39, 0.29) is 11.6 Å². The van der Waals surface area contributed by atoms with Crippen LogP contribution in [0.2, 0.25) is 5.02 Å². The van der Waals surface area contributed by atoms with Crippen LogP contribution in [0.25, 0.3) is 16.6 Å². The molecule has 36 heavy (non-hydrogen) atoms. The number of aromatic nitrogens is 4. The van der Waals surface area contributed by atoms with E-state index in [1.807, 2.05) is 32.0 Å². The van der Waals surface area contributed by atoms with Crippen molar-refractivity contribution < 1.29 is 22.7 Å². The zero-order chi connectivity index (χ0) is 26.0. The van der Waals surface area contributed by atoms with Crippen molar-refractivity contribution in [1.82, 2.24) is 25.1 Å². The molecule has 0 bridgehead atoms. The molecule has 1 amide bonds. The van der Waals surface area contributed by atoms with Crippen LogP contribution < -0.4 is 10.1 Å². The maximum atomic E-state index is 14.2. The van der Waals surface area contributed by atoms with Crippen LogP contribution in [-0.2, 0) is 11.4 Å². The topological polar surface area (TPSA) is 81.9 Å². The second-order valence-corrected chi connectivity index (χ2v) is 8.69.